The number of aromatic carboxylic acids is 1. The first-order valence-corrected chi connectivity index (χ1v) is 8.85. The van der Waals surface area contributed by atoms with Gasteiger partial charge < -0.3 is 10.0 Å². The minimum absolute atomic E-state index is 0.131. The highest BCUT2D eigenvalue weighted by atomic mass is 32.2. The Balaban J connectivity index is 1.99. The summed E-state index contributed by atoms with van der Waals surface area (Å²) < 4.78 is 0.653. The van der Waals surface area contributed by atoms with Crippen LogP contribution in [0.15, 0.2) is 4.34 Å². The second-order valence-electron chi connectivity index (χ2n) is 5.20. The Kier molecular flexibility index (Phi) is 5.64. The molecule has 1 fully saturated rings. The summed E-state index contributed by atoms with van der Waals surface area (Å²) in [6.45, 7) is 5.22. The molecule has 1 aromatic rings. The molecule has 1 unspecified atom stereocenters. The highest BCUT2D eigenvalue weighted by molar-refractivity contribution is 8.02. The lowest BCUT2D eigenvalue weighted by Crippen LogP contribution is -2.37. The van der Waals surface area contributed by atoms with Crippen LogP contribution in [0.1, 0.15) is 48.0 Å². The summed E-state index contributed by atoms with van der Waals surface area (Å²) in [4.78, 5) is 29.9. The summed E-state index contributed by atoms with van der Waals surface area (Å²) in [7, 11) is 0. The fourth-order valence-corrected chi connectivity index (χ4v) is 4.63. The van der Waals surface area contributed by atoms with Crippen molar-refractivity contribution in [1.82, 2.24) is 9.88 Å². The van der Waals surface area contributed by atoms with Crippen molar-refractivity contribution in [3.05, 3.63) is 10.6 Å². The van der Waals surface area contributed by atoms with E-state index in [-0.39, 0.29) is 16.0 Å². The van der Waals surface area contributed by atoms with Gasteiger partial charge in [0.25, 0.3) is 0 Å². The lowest BCUT2D eigenvalue weighted by molar-refractivity contribution is -0.130. The minimum atomic E-state index is -0.955. The Morgan fingerprint density at radius 2 is 1.90 bits per heavy atom. The van der Waals surface area contributed by atoms with Crippen molar-refractivity contribution >= 4 is 35.0 Å². The summed E-state index contributed by atoms with van der Waals surface area (Å²) >= 11 is 2.50. The van der Waals surface area contributed by atoms with E-state index in [9.17, 15) is 9.59 Å². The number of amides is 1. The van der Waals surface area contributed by atoms with Crippen molar-refractivity contribution in [3.8, 4) is 0 Å². The molecule has 0 aliphatic carbocycles. The molecule has 1 aliphatic rings. The van der Waals surface area contributed by atoms with Gasteiger partial charge in [0.1, 0.15) is 4.88 Å². The number of nitrogens with zero attached hydrogens (tertiary/aromatic N) is 2. The van der Waals surface area contributed by atoms with Crippen LogP contribution < -0.4 is 0 Å². The molecule has 1 aromatic heterocycles. The van der Waals surface area contributed by atoms with Crippen LogP contribution in [0.25, 0.3) is 0 Å². The molecule has 0 radical (unpaired) electrons. The maximum Gasteiger partial charge on any atom is 0.347 e. The van der Waals surface area contributed by atoms with Crippen LogP contribution in [0.3, 0.4) is 0 Å². The number of thiazole rings is 1. The van der Waals surface area contributed by atoms with Gasteiger partial charge in [-0.05, 0) is 26.7 Å². The van der Waals surface area contributed by atoms with E-state index in [1.54, 1.807) is 6.92 Å². The van der Waals surface area contributed by atoms with Crippen molar-refractivity contribution in [2.75, 3.05) is 13.1 Å². The van der Waals surface area contributed by atoms with Gasteiger partial charge in [-0.3, -0.25) is 4.79 Å². The van der Waals surface area contributed by atoms with Crippen LogP contribution in [0, 0.1) is 6.92 Å². The van der Waals surface area contributed by atoms with Gasteiger partial charge in [0.2, 0.25) is 5.91 Å². The number of aryl methyl sites for hydroxylation is 1. The van der Waals surface area contributed by atoms with E-state index in [4.69, 9.17) is 5.11 Å². The number of carboxylic acid groups (broad SMARTS) is 1. The molecule has 2 heterocycles. The Bertz CT molecular complexity index is 522. The molecular formula is C14H20N2O3S2. The van der Waals surface area contributed by atoms with Crippen molar-refractivity contribution in [3.63, 3.8) is 0 Å². The molecular weight excluding hydrogens is 308 g/mol. The standard InChI is InChI=1S/C14H20N2O3S2/c1-9-11(13(18)19)21-14(15-9)20-10(2)12(17)16-7-5-3-4-6-8-16/h10H,3-8H2,1-2H3,(H,18,19). The molecule has 1 amide bonds. The van der Waals surface area contributed by atoms with E-state index in [0.717, 1.165) is 37.3 Å². The van der Waals surface area contributed by atoms with Gasteiger partial charge in [0.05, 0.1) is 10.9 Å². The zero-order chi connectivity index (χ0) is 15.4. The van der Waals surface area contributed by atoms with E-state index in [1.807, 2.05) is 11.8 Å². The van der Waals surface area contributed by atoms with E-state index in [1.165, 1.54) is 24.6 Å². The smallest absolute Gasteiger partial charge is 0.347 e. The van der Waals surface area contributed by atoms with Crippen molar-refractivity contribution < 1.29 is 14.7 Å². The molecule has 1 atom stereocenters. The van der Waals surface area contributed by atoms with Gasteiger partial charge in [-0.25, -0.2) is 9.78 Å². The molecule has 0 saturated carbocycles. The second kappa shape index (κ2) is 7.26. The zero-order valence-electron chi connectivity index (χ0n) is 12.3. The van der Waals surface area contributed by atoms with E-state index in [2.05, 4.69) is 4.98 Å². The fraction of sp³-hybridized carbons (Fsp3) is 0.643. The number of hydrogen-bond donors (Lipinski definition) is 1. The van der Waals surface area contributed by atoms with Gasteiger partial charge >= 0.3 is 5.97 Å². The highest BCUT2D eigenvalue weighted by Crippen LogP contribution is 2.31. The second-order valence-corrected chi connectivity index (χ2v) is 7.79. The first-order chi connectivity index (χ1) is 9.99. The van der Waals surface area contributed by atoms with Crippen LogP contribution in [-0.2, 0) is 4.79 Å². The Morgan fingerprint density at radius 1 is 1.29 bits per heavy atom. The highest BCUT2D eigenvalue weighted by Gasteiger charge is 2.24. The molecule has 0 bridgehead atoms. The van der Waals surface area contributed by atoms with Crippen LogP contribution >= 0.6 is 23.1 Å². The molecule has 5 nitrogen and oxygen atoms in total. The fourth-order valence-electron chi connectivity index (χ4n) is 2.37. The molecule has 116 valence electrons. The minimum Gasteiger partial charge on any atom is -0.477 e. The quantitative estimate of drug-likeness (QED) is 0.860. The van der Waals surface area contributed by atoms with Gasteiger partial charge in [-0.2, -0.15) is 0 Å². The normalized spacial score (nSPS) is 17.3. The molecule has 1 saturated heterocycles. The van der Waals surface area contributed by atoms with Gasteiger partial charge in [0, 0.05) is 13.1 Å². The number of aromatic nitrogens is 1. The Morgan fingerprint density at radius 3 is 2.43 bits per heavy atom. The third kappa shape index (κ3) is 4.20. The lowest BCUT2D eigenvalue weighted by atomic mass is 10.2. The topological polar surface area (TPSA) is 70.5 Å². The van der Waals surface area contributed by atoms with Crippen LogP contribution in [0.2, 0.25) is 0 Å². The average Bonchev–Trinajstić information content (AvgIpc) is 2.66. The van der Waals surface area contributed by atoms with Crippen molar-refractivity contribution in [1.29, 1.82) is 0 Å². The molecule has 21 heavy (non-hydrogen) atoms. The van der Waals surface area contributed by atoms with Gasteiger partial charge in [-0.1, -0.05) is 24.6 Å². The monoisotopic (exact) mass is 328 g/mol. The van der Waals surface area contributed by atoms with Crippen LogP contribution in [-0.4, -0.2) is 45.2 Å². The number of carbonyl (C=O) groups excluding carboxylic acids is 1. The van der Waals surface area contributed by atoms with Crippen LogP contribution in [0.5, 0.6) is 0 Å². The summed E-state index contributed by atoms with van der Waals surface area (Å²) in [6, 6.07) is 0. The number of carbonyl (C=O) groups is 2. The summed E-state index contributed by atoms with van der Waals surface area (Å²) in [6.07, 6.45) is 4.53. The predicted octanol–water partition coefficient (Wildman–Crippen LogP) is 3.03. The zero-order valence-corrected chi connectivity index (χ0v) is 13.9. The molecule has 0 aromatic carbocycles. The first kappa shape index (κ1) is 16.3. The molecule has 1 N–H and O–H groups in total. The third-order valence-corrected chi connectivity index (χ3v) is 5.84. The van der Waals surface area contributed by atoms with Gasteiger partial charge in [0.15, 0.2) is 4.34 Å². The lowest BCUT2D eigenvalue weighted by Gasteiger charge is -2.23. The first-order valence-electron chi connectivity index (χ1n) is 7.15. The summed E-state index contributed by atoms with van der Waals surface area (Å²) in [5.41, 5.74) is 0.518. The predicted molar refractivity (Wildman–Crippen MR) is 84.2 cm³/mol. The number of thioether (sulfide) groups is 1. The Labute approximate surface area is 132 Å². The molecule has 0 spiro atoms. The molecule has 7 heteroatoms. The van der Waals surface area contributed by atoms with E-state index < -0.39 is 5.97 Å². The van der Waals surface area contributed by atoms with Crippen molar-refractivity contribution in [2.45, 2.75) is 49.1 Å². The largest absolute Gasteiger partial charge is 0.477 e. The van der Waals surface area contributed by atoms with Crippen molar-refractivity contribution in [2.24, 2.45) is 0 Å². The SMILES string of the molecule is Cc1nc(SC(C)C(=O)N2CCCCCC2)sc1C(=O)O. The van der Waals surface area contributed by atoms with E-state index in [0.29, 0.717) is 10.0 Å². The maximum atomic E-state index is 12.4. The third-order valence-electron chi connectivity index (χ3n) is 3.51. The Hall–Kier alpha value is -1.08. The average molecular weight is 328 g/mol. The molecule has 1 aliphatic heterocycles. The van der Waals surface area contributed by atoms with Crippen LogP contribution in [0.4, 0.5) is 0 Å². The number of rotatable bonds is 4. The summed E-state index contributed by atoms with van der Waals surface area (Å²) in [5.74, 6) is -0.824. The number of likely N-dealkylation sites (tertiary alicyclic amines) is 1. The number of hydrogen-bond acceptors (Lipinski definition) is 5. The van der Waals surface area contributed by atoms with Gasteiger partial charge in [-0.15, -0.1) is 11.3 Å². The van der Waals surface area contributed by atoms with E-state index >= 15 is 0 Å². The molecule has 2 rings (SSSR count). The summed E-state index contributed by atoms with van der Waals surface area (Å²) in [5, 5.41) is 8.82. The number of carboxylic acids is 1. The maximum absolute atomic E-state index is 12.4.